The fraction of sp³-hybridized carbons (Fsp3) is 0.241. The highest BCUT2D eigenvalue weighted by molar-refractivity contribution is 9.10. The number of aliphatic hydroxyl groups excluding tert-OH is 1. The number of rotatable bonds is 8. The Morgan fingerprint density at radius 2 is 1.70 bits per heavy atom. The topological polar surface area (TPSA) is 85.3 Å². The molecule has 1 unspecified atom stereocenters. The van der Waals surface area contributed by atoms with E-state index in [4.69, 9.17) is 14.2 Å². The van der Waals surface area contributed by atoms with Crippen LogP contribution in [0.2, 0.25) is 0 Å². The van der Waals surface area contributed by atoms with Crippen molar-refractivity contribution in [2.24, 2.45) is 5.92 Å². The second-order valence-corrected chi connectivity index (χ2v) is 9.85. The number of hydrogen-bond acceptors (Lipinski definition) is 6. The number of amides is 1. The van der Waals surface area contributed by atoms with Crippen molar-refractivity contribution in [3.8, 4) is 17.2 Å². The minimum absolute atomic E-state index is 0.0181. The van der Waals surface area contributed by atoms with Gasteiger partial charge in [-0.3, -0.25) is 14.5 Å². The predicted molar refractivity (Wildman–Crippen MR) is 145 cm³/mol. The summed E-state index contributed by atoms with van der Waals surface area (Å²) >= 11 is 3.42. The average Bonchev–Trinajstić information content (AvgIpc) is 3.17. The van der Waals surface area contributed by atoms with Crippen molar-refractivity contribution in [1.82, 2.24) is 0 Å². The SMILES string of the molecule is COc1cccc(C2/C(=C(/O)c3ccc(OC)c(Br)c3)C(=O)C(=O)N2c2ccc(OCC(C)C)cc2)c1. The summed E-state index contributed by atoms with van der Waals surface area (Å²) in [5.74, 6) is 0.358. The molecule has 0 aromatic heterocycles. The third-order valence-electron chi connectivity index (χ3n) is 5.98. The number of ether oxygens (including phenoxy) is 3. The number of aliphatic hydroxyl groups is 1. The van der Waals surface area contributed by atoms with Gasteiger partial charge in [0.05, 0.1) is 36.9 Å². The number of carbonyl (C=O) groups excluding carboxylic acids is 2. The summed E-state index contributed by atoms with van der Waals surface area (Å²) in [4.78, 5) is 28.2. The van der Waals surface area contributed by atoms with Crippen LogP contribution >= 0.6 is 15.9 Å². The Kier molecular flexibility index (Phi) is 7.88. The van der Waals surface area contributed by atoms with Gasteiger partial charge in [-0.15, -0.1) is 0 Å². The number of ketones is 1. The lowest BCUT2D eigenvalue weighted by Crippen LogP contribution is -2.29. The lowest BCUT2D eigenvalue weighted by Gasteiger charge is -2.26. The molecule has 1 aliphatic heterocycles. The monoisotopic (exact) mass is 565 g/mol. The molecule has 1 N–H and O–H groups in total. The van der Waals surface area contributed by atoms with Crippen LogP contribution in [-0.2, 0) is 9.59 Å². The number of halogens is 1. The Morgan fingerprint density at radius 3 is 2.32 bits per heavy atom. The van der Waals surface area contributed by atoms with Gasteiger partial charge in [0.2, 0.25) is 0 Å². The molecular formula is C29H28BrNO6. The first kappa shape index (κ1) is 26.3. The Hall–Kier alpha value is -3.78. The largest absolute Gasteiger partial charge is 0.507 e. The molecule has 1 heterocycles. The Morgan fingerprint density at radius 1 is 0.973 bits per heavy atom. The molecule has 0 radical (unpaired) electrons. The van der Waals surface area contributed by atoms with Gasteiger partial charge in [0, 0.05) is 11.3 Å². The molecule has 1 saturated heterocycles. The van der Waals surface area contributed by atoms with Crippen molar-refractivity contribution in [2.45, 2.75) is 19.9 Å². The molecule has 3 aromatic rings. The molecule has 0 aliphatic carbocycles. The van der Waals surface area contributed by atoms with Crippen LogP contribution in [0.3, 0.4) is 0 Å². The number of nitrogens with zero attached hydrogens (tertiary/aromatic N) is 1. The molecule has 192 valence electrons. The van der Waals surface area contributed by atoms with E-state index >= 15 is 0 Å². The smallest absolute Gasteiger partial charge is 0.300 e. The summed E-state index contributed by atoms with van der Waals surface area (Å²) in [6.07, 6.45) is 0. The van der Waals surface area contributed by atoms with E-state index in [0.717, 1.165) is 0 Å². The Bertz CT molecular complexity index is 1350. The van der Waals surface area contributed by atoms with Gasteiger partial charge < -0.3 is 19.3 Å². The van der Waals surface area contributed by atoms with E-state index in [9.17, 15) is 14.7 Å². The maximum atomic E-state index is 13.4. The van der Waals surface area contributed by atoms with E-state index in [1.807, 2.05) is 0 Å². The summed E-state index contributed by atoms with van der Waals surface area (Å²) in [7, 11) is 3.08. The van der Waals surface area contributed by atoms with Gasteiger partial charge in [0.15, 0.2) is 0 Å². The lowest BCUT2D eigenvalue weighted by molar-refractivity contribution is -0.132. The number of hydrogen-bond donors (Lipinski definition) is 1. The molecule has 8 heteroatoms. The van der Waals surface area contributed by atoms with Crippen molar-refractivity contribution in [3.05, 3.63) is 87.9 Å². The van der Waals surface area contributed by atoms with Crippen molar-refractivity contribution in [3.63, 3.8) is 0 Å². The van der Waals surface area contributed by atoms with E-state index < -0.39 is 17.7 Å². The van der Waals surface area contributed by atoms with E-state index in [0.29, 0.717) is 51.1 Å². The zero-order chi connectivity index (χ0) is 26.7. The van der Waals surface area contributed by atoms with Crippen LogP contribution in [0.4, 0.5) is 5.69 Å². The normalized spacial score (nSPS) is 16.8. The molecule has 1 aliphatic rings. The quantitative estimate of drug-likeness (QED) is 0.201. The summed E-state index contributed by atoms with van der Waals surface area (Å²) in [5, 5.41) is 11.4. The van der Waals surface area contributed by atoms with Gasteiger partial charge in [-0.05, 0) is 82.0 Å². The highest BCUT2D eigenvalue weighted by Gasteiger charge is 2.47. The van der Waals surface area contributed by atoms with Crippen LogP contribution in [0, 0.1) is 5.92 Å². The number of benzene rings is 3. The van der Waals surface area contributed by atoms with Crippen molar-refractivity contribution in [2.75, 3.05) is 25.7 Å². The second-order valence-electron chi connectivity index (χ2n) is 8.99. The fourth-order valence-corrected chi connectivity index (χ4v) is 4.70. The van der Waals surface area contributed by atoms with Crippen LogP contribution < -0.4 is 19.1 Å². The summed E-state index contributed by atoms with van der Waals surface area (Å²) < 4.78 is 17.0. The molecule has 0 spiro atoms. The van der Waals surface area contributed by atoms with Crippen molar-refractivity contribution < 1.29 is 28.9 Å². The average molecular weight is 566 g/mol. The molecule has 4 rings (SSSR count). The van der Waals surface area contributed by atoms with Gasteiger partial charge in [-0.1, -0.05) is 26.0 Å². The predicted octanol–water partition coefficient (Wildman–Crippen LogP) is 6.13. The summed E-state index contributed by atoms with van der Waals surface area (Å²) in [5.41, 5.74) is 1.47. The molecule has 0 bridgehead atoms. The van der Waals surface area contributed by atoms with Crippen LogP contribution in [0.1, 0.15) is 31.0 Å². The number of anilines is 1. The fourth-order valence-electron chi connectivity index (χ4n) is 4.16. The summed E-state index contributed by atoms with van der Waals surface area (Å²) in [6, 6.07) is 18.2. The van der Waals surface area contributed by atoms with Crippen molar-refractivity contribution in [1.29, 1.82) is 0 Å². The Balaban J connectivity index is 1.85. The van der Waals surface area contributed by atoms with Crippen LogP contribution in [-0.4, -0.2) is 37.6 Å². The molecular weight excluding hydrogens is 538 g/mol. The molecule has 7 nitrogen and oxygen atoms in total. The number of Topliss-reactive ketones (excluding diaryl/α,β-unsaturated/α-hetero) is 1. The van der Waals surface area contributed by atoms with Gasteiger partial charge in [-0.25, -0.2) is 0 Å². The van der Waals surface area contributed by atoms with Gasteiger partial charge >= 0.3 is 0 Å². The third kappa shape index (κ3) is 5.34. The third-order valence-corrected chi connectivity index (χ3v) is 6.60. The zero-order valence-electron chi connectivity index (χ0n) is 21.0. The minimum Gasteiger partial charge on any atom is -0.507 e. The van der Waals surface area contributed by atoms with Crippen LogP contribution in [0.5, 0.6) is 17.2 Å². The van der Waals surface area contributed by atoms with Crippen LogP contribution in [0.25, 0.3) is 5.76 Å². The Labute approximate surface area is 224 Å². The highest BCUT2D eigenvalue weighted by Crippen LogP contribution is 2.43. The first-order valence-electron chi connectivity index (χ1n) is 11.8. The van der Waals surface area contributed by atoms with Gasteiger partial charge in [0.1, 0.15) is 23.0 Å². The first-order valence-corrected chi connectivity index (χ1v) is 12.6. The second kappa shape index (κ2) is 11.1. The van der Waals surface area contributed by atoms with E-state index in [1.165, 1.54) is 12.0 Å². The van der Waals surface area contributed by atoms with Crippen molar-refractivity contribution >= 4 is 39.1 Å². The van der Waals surface area contributed by atoms with E-state index in [2.05, 4.69) is 29.8 Å². The molecule has 3 aromatic carbocycles. The maximum absolute atomic E-state index is 13.4. The number of carbonyl (C=O) groups is 2. The van der Waals surface area contributed by atoms with Gasteiger partial charge in [-0.2, -0.15) is 0 Å². The van der Waals surface area contributed by atoms with E-state index in [-0.39, 0.29) is 11.3 Å². The molecule has 0 saturated carbocycles. The van der Waals surface area contributed by atoms with Gasteiger partial charge in [0.25, 0.3) is 11.7 Å². The summed E-state index contributed by atoms with van der Waals surface area (Å²) in [6.45, 7) is 4.68. The standard InChI is InChI=1S/C29H28BrNO6/c1-17(2)16-37-21-11-9-20(10-12-21)31-26(18-6-5-7-22(14-18)35-3)25(28(33)29(31)34)27(32)19-8-13-24(36-4)23(30)15-19/h5-15,17,26,32H,16H2,1-4H3/b27-25-. The minimum atomic E-state index is -0.876. The molecule has 37 heavy (non-hydrogen) atoms. The maximum Gasteiger partial charge on any atom is 0.300 e. The molecule has 1 amide bonds. The highest BCUT2D eigenvalue weighted by atomic mass is 79.9. The molecule has 1 atom stereocenters. The lowest BCUT2D eigenvalue weighted by atomic mass is 9.95. The zero-order valence-corrected chi connectivity index (χ0v) is 22.6. The molecule has 1 fully saturated rings. The number of methoxy groups -OCH3 is 2. The van der Waals surface area contributed by atoms with E-state index in [1.54, 1.807) is 73.8 Å². The first-order chi connectivity index (χ1) is 17.7. The van der Waals surface area contributed by atoms with Crippen LogP contribution in [0.15, 0.2) is 76.8 Å².